The fourth-order valence-electron chi connectivity index (χ4n) is 7.75. The molecule has 1 aromatic carbocycles. The van der Waals surface area contributed by atoms with E-state index in [1.807, 2.05) is 52.0 Å². The van der Waals surface area contributed by atoms with E-state index < -0.39 is 59.3 Å². The van der Waals surface area contributed by atoms with Gasteiger partial charge in [0, 0.05) is 19.6 Å². The molecule has 4 rings (SSSR count). The van der Waals surface area contributed by atoms with Gasteiger partial charge in [-0.1, -0.05) is 78.6 Å². The molecule has 1 unspecified atom stereocenters. The number of amides is 6. The van der Waals surface area contributed by atoms with E-state index in [9.17, 15) is 28.8 Å². The Labute approximate surface area is 302 Å². The second kappa shape index (κ2) is 16.5. The number of nitrogens with zero attached hydrogens (tertiary/aromatic N) is 1. The average molecular weight is 711 g/mol. The molecule has 1 aliphatic heterocycles. The number of rotatable bonds is 15. The first-order valence-corrected chi connectivity index (χ1v) is 18.5. The SMILES string of the molecule is CCCCC(NC(=O)[C@@H]1[C@@H]2[C@H](CN1C(=O)[C@@H](NC(=O)N[C@H](COC(=O)NCC)C(C)(C)C)C1Cc3ccccc3C1)C2(C)C)C(=O)C(=O)NCC. The van der Waals surface area contributed by atoms with Gasteiger partial charge in [0.15, 0.2) is 0 Å². The van der Waals surface area contributed by atoms with Gasteiger partial charge in [0.2, 0.25) is 17.6 Å². The molecule has 51 heavy (non-hydrogen) atoms. The third-order valence-electron chi connectivity index (χ3n) is 11.0. The van der Waals surface area contributed by atoms with Gasteiger partial charge >= 0.3 is 12.1 Å². The maximum atomic E-state index is 14.8. The number of likely N-dealkylation sites (N-methyl/N-ethyl adjacent to an activating group) is 1. The number of nitrogens with one attached hydrogen (secondary N) is 5. The number of piperidine rings is 1. The normalized spacial score (nSPS) is 22.0. The van der Waals surface area contributed by atoms with Crippen LogP contribution in [0.4, 0.5) is 9.59 Å². The number of likely N-dealkylation sites (tertiary alicyclic amines) is 1. The molecule has 6 atom stereocenters. The number of alkyl carbamates (subject to hydrolysis) is 1. The van der Waals surface area contributed by atoms with Crippen LogP contribution in [-0.4, -0.2) is 90.9 Å². The van der Waals surface area contributed by atoms with E-state index in [1.54, 1.807) is 18.7 Å². The van der Waals surface area contributed by atoms with Gasteiger partial charge in [0.05, 0.1) is 12.1 Å². The quantitative estimate of drug-likeness (QED) is 0.174. The number of fused-ring (bicyclic) bond motifs is 2. The summed E-state index contributed by atoms with van der Waals surface area (Å²) in [5.74, 6) is -2.62. The van der Waals surface area contributed by atoms with Crippen molar-refractivity contribution < 1.29 is 33.5 Å². The van der Waals surface area contributed by atoms with Crippen molar-refractivity contribution in [3.05, 3.63) is 35.4 Å². The molecule has 2 fully saturated rings. The molecule has 1 saturated heterocycles. The minimum Gasteiger partial charge on any atom is -0.447 e. The molecule has 3 aliphatic rings. The number of ketones is 1. The maximum Gasteiger partial charge on any atom is 0.407 e. The number of unbranched alkanes of at least 4 members (excludes halogenated alkanes) is 1. The zero-order valence-electron chi connectivity index (χ0n) is 31.5. The molecule has 0 aromatic heterocycles. The Morgan fingerprint density at radius 1 is 0.922 bits per heavy atom. The van der Waals surface area contributed by atoms with Crippen LogP contribution in [0.15, 0.2) is 24.3 Å². The standard InChI is InChI=1S/C38H58N6O7/c1-9-12-17-26(31(45)33(47)39-10-2)41-32(46)30-28-25(38(28,7)8)20-44(30)34(48)29(24-18-22-15-13-14-16-23(22)19-24)43-35(49)42-27(37(4,5)6)21-51-36(50)40-11-3/h13-16,24-30H,9-12,17-21H2,1-8H3,(H,39,47)(H,40,50)(H,41,46)(H2,42,43,49)/t25-,26?,27+,28-,29-,30-/m0/s1. The predicted molar refractivity (Wildman–Crippen MR) is 192 cm³/mol. The highest BCUT2D eigenvalue weighted by molar-refractivity contribution is 6.38. The lowest BCUT2D eigenvalue weighted by Gasteiger charge is -2.36. The lowest BCUT2D eigenvalue weighted by Crippen LogP contribution is -2.61. The monoisotopic (exact) mass is 710 g/mol. The number of carbonyl (C=O) groups excluding carboxylic acids is 6. The van der Waals surface area contributed by atoms with Crippen molar-refractivity contribution in [3.8, 4) is 0 Å². The van der Waals surface area contributed by atoms with E-state index in [0.717, 1.165) is 17.5 Å². The molecule has 0 bridgehead atoms. The number of Topliss-reactive ketones (excluding diaryl/α,β-unsaturated/α-hetero) is 1. The summed E-state index contributed by atoms with van der Waals surface area (Å²) in [6.07, 6.45) is 2.26. The zero-order chi connectivity index (χ0) is 37.7. The van der Waals surface area contributed by atoms with Crippen LogP contribution in [0.25, 0.3) is 0 Å². The van der Waals surface area contributed by atoms with Crippen LogP contribution in [0.3, 0.4) is 0 Å². The first-order chi connectivity index (χ1) is 24.0. The van der Waals surface area contributed by atoms with Crippen molar-refractivity contribution in [2.24, 2.45) is 28.6 Å². The van der Waals surface area contributed by atoms with Crippen molar-refractivity contribution in [1.82, 2.24) is 31.5 Å². The van der Waals surface area contributed by atoms with E-state index in [1.165, 1.54) is 0 Å². The molecule has 1 aromatic rings. The first-order valence-electron chi connectivity index (χ1n) is 18.5. The van der Waals surface area contributed by atoms with Gasteiger partial charge in [-0.3, -0.25) is 19.2 Å². The summed E-state index contributed by atoms with van der Waals surface area (Å²) in [5.41, 5.74) is 1.52. The molecule has 1 saturated carbocycles. The molecular formula is C38H58N6O7. The maximum absolute atomic E-state index is 14.8. The van der Waals surface area contributed by atoms with E-state index in [4.69, 9.17) is 4.74 Å². The second-order valence-corrected chi connectivity index (χ2v) is 15.9. The summed E-state index contributed by atoms with van der Waals surface area (Å²) in [4.78, 5) is 82.0. The number of hydrogen-bond donors (Lipinski definition) is 5. The van der Waals surface area contributed by atoms with Crippen LogP contribution < -0.4 is 26.6 Å². The van der Waals surface area contributed by atoms with Crippen molar-refractivity contribution in [2.45, 2.75) is 112 Å². The summed E-state index contributed by atoms with van der Waals surface area (Å²) in [6.45, 7) is 16.3. The number of ether oxygens (including phenoxy) is 1. The van der Waals surface area contributed by atoms with E-state index in [2.05, 4.69) is 40.4 Å². The minimum atomic E-state index is -1.01. The third kappa shape index (κ3) is 9.20. The summed E-state index contributed by atoms with van der Waals surface area (Å²) >= 11 is 0. The van der Waals surface area contributed by atoms with Crippen molar-refractivity contribution in [1.29, 1.82) is 0 Å². The second-order valence-electron chi connectivity index (χ2n) is 15.9. The molecule has 13 heteroatoms. The topological polar surface area (TPSA) is 175 Å². The van der Waals surface area contributed by atoms with Crippen molar-refractivity contribution in [2.75, 3.05) is 26.2 Å². The van der Waals surface area contributed by atoms with Crippen LogP contribution in [0, 0.1) is 28.6 Å². The van der Waals surface area contributed by atoms with Crippen LogP contribution in [0.5, 0.6) is 0 Å². The molecule has 5 N–H and O–H groups in total. The highest BCUT2D eigenvalue weighted by Crippen LogP contribution is 2.65. The highest BCUT2D eigenvalue weighted by atomic mass is 16.5. The number of benzene rings is 1. The predicted octanol–water partition coefficient (Wildman–Crippen LogP) is 3.09. The van der Waals surface area contributed by atoms with Crippen LogP contribution in [-0.2, 0) is 36.8 Å². The van der Waals surface area contributed by atoms with Gasteiger partial charge in [-0.15, -0.1) is 0 Å². The lowest BCUT2D eigenvalue weighted by atomic mass is 9.87. The Morgan fingerprint density at radius 3 is 2.12 bits per heavy atom. The van der Waals surface area contributed by atoms with Crippen LogP contribution in [0.1, 0.15) is 85.8 Å². The molecule has 6 amide bonds. The average Bonchev–Trinajstić information content (AvgIpc) is 3.43. The minimum absolute atomic E-state index is 0.0670. The first kappa shape index (κ1) is 39.6. The van der Waals surface area contributed by atoms with Gasteiger partial charge in [0.25, 0.3) is 5.91 Å². The van der Waals surface area contributed by atoms with E-state index >= 15 is 0 Å². The summed E-state index contributed by atoms with van der Waals surface area (Å²) in [5, 5.41) is 13.9. The molecule has 1 heterocycles. The summed E-state index contributed by atoms with van der Waals surface area (Å²) in [6, 6.07) is 3.96. The molecule has 2 aliphatic carbocycles. The van der Waals surface area contributed by atoms with Crippen LogP contribution in [0.2, 0.25) is 0 Å². The molecule has 0 radical (unpaired) electrons. The zero-order valence-corrected chi connectivity index (χ0v) is 31.5. The molecular weight excluding hydrogens is 652 g/mol. The molecule has 13 nitrogen and oxygen atoms in total. The summed E-state index contributed by atoms with van der Waals surface area (Å²) < 4.78 is 5.36. The Kier molecular flexibility index (Phi) is 12.8. The smallest absolute Gasteiger partial charge is 0.407 e. The summed E-state index contributed by atoms with van der Waals surface area (Å²) in [7, 11) is 0. The Morgan fingerprint density at radius 2 is 1.55 bits per heavy atom. The number of urea groups is 1. The number of carbonyl (C=O) groups is 6. The highest BCUT2D eigenvalue weighted by Gasteiger charge is 2.69. The van der Waals surface area contributed by atoms with Crippen LogP contribution >= 0.6 is 0 Å². The van der Waals surface area contributed by atoms with Crippen molar-refractivity contribution >= 4 is 35.6 Å². The van der Waals surface area contributed by atoms with Gasteiger partial charge in [-0.2, -0.15) is 0 Å². The molecule has 282 valence electrons. The Hall–Kier alpha value is -4.16. The van der Waals surface area contributed by atoms with E-state index in [0.29, 0.717) is 38.8 Å². The fraction of sp³-hybridized carbons (Fsp3) is 0.684. The fourth-order valence-corrected chi connectivity index (χ4v) is 7.75. The van der Waals surface area contributed by atoms with Gasteiger partial charge in [-0.05, 0) is 72.8 Å². The largest absolute Gasteiger partial charge is 0.447 e. The molecule has 0 spiro atoms. The van der Waals surface area contributed by atoms with Gasteiger partial charge < -0.3 is 36.2 Å². The van der Waals surface area contributed by atoms with Crippen molar-refractivity contribution in [3.63, 3.8) is 0 Å². The Balaban J connectivity index is 1.59. The van der Waals surface area contributed by atoms with Gasteiger partial charge in [0.1, 0.15) is 18.7 Å². The lowest BCUT2D eigenvalue weighted by molar-refractivity contribution is -0.144. The third-order valence-corrected chi connectivity index (χ3v) is 11.0. The Bertz CT molecular complexity index is 1450. The van der Waals surface area contributed by atoms with E-state index in [-0.39, 0.29) is 42.2 Å². The van der Waals surface area contributed by atoms with Gasteiger partial charge in [-0.25, -0.2) is 9.59 Å². The number of hydrogen-bond acceptors (Lipinski definition) is 7.